The maximum absolute atomic E-state index is 5.65. The van der Waals surface area contributed by atoms with Gasteiger partial charge in [-0.2, -0.15) is 0 Å². The van der Waals surface area contributed by atoms with Crippen LogP contribution in [0.4, 0.5) is 0 Å². The Kier molecular flexibility index (Phi) is 11.1. The van der Waals surface area contributed by atoms with E-state index < -0.39 is 0 Å². The number of para-hydroxylation sites is 4. The summed E-state index contributed by atoms with van der Waals surface area (Å²) in [5.74, 6) is 0. The van der Waals surface area contributed by atoms with Gasteiger partial charge in [0.15, 0.2) is 0 Å². The van der Waals surface area contributed by atoms with Crippen LogP contribution in [-0.4, -0.2) is 28.2 Å². The Morgan fingerprint density at radius 1 is 0.233 bits per heavy atom. The quantitative estimate of drug-likeness (QED) is 0.152. The van der Waals surface area contributed by atoms with Gasteiger partial charge in [0.25, 0.3) is 0 Å². The molecular formula is C80H56N6. The molecule has 0 aliphatic heterocycles. The SMILES string of the molecule is Cc1ccc2c(c1)c1ccccc1n2-c1c(-c2ccncc2)c(-n2c3ccccc3c3cc(C)ccc32)c(-n2c3ccccc3c3cc(C)ccc32)c(-n2c3ccccc3c3cc(C)ccc32)c1-c1cc(-c2ccccc2)nc(-c2ccccc2)c1. The van der Waals surface area contributed by atoms with E-state index in [-0.39, 0.29) is 0 Å². The lowest BCUT2D eigenvalue weighted by atomic mass is 9.89. The molecule has 17 aromatic rings. The Balaban J connectivity index is 1.26. The maximum Gasteiger partial charge on any atom is 0.0961 e. The van der Waals surface area contributed by atoms with Crippen LogP contribution in [0.3, 0.4) is 0 Å². The summed E-state index contributed by atoms with van der Waals surface area (Å²) < 4.78 is 10.4. The first-order valence-electron chi connectivity index (χ1n) is 29.6. The average Bonchev–Trinajstić information content (AvgIpc) is 1.67. The second kappa shape index (κ2) is 19.2. The molecule has 11 aromatic carbocycles. The van der Waals surface area contributed by atoms with Crippen LogP contribution in [-0.2, 0) is 0 Å². The topological polar surface area (TPSA) is 45.5 Å². The molecule has 0 N–H and O–H groups in total. The lowest BCUT2D eigenvalue weighted by Gasteiger charge is -2.31. The summed E-state index contributed by atoms with van der Waals surface area (Å²) in [7, 11) is 0. The van der Waals surface area contributed by atoms with Gasteiger partial charge in [-0.1, -0.05) is 180 Å². The van der Waals surface area contributed by atoms with Crippen LogP contribution < -0.4 is 0 Å². The molecule has 0 atom stereocenters. The second-order valence-electron chi connectivity index (χ2n) is 23.2. The summed E-state index contributed by atoms with van der Waals surface area (Å²) in [6.45, 7) is 8.84. The van der Waals surface area contributed by atoms with Gasteiger partial charge in [-0.25, -0.2) is 4.98 Å². The van der Waals surface area contributed by atoms with E-state index in [1.54, 1.807) is 0 Å². The van der Waals surface area contributed by atoms with E-state index in [2.05, 4.69) is 301 Å². The highest BCUT2D eigenvalue weighted by atomic mass is 15.1. The first-order chi connectivity index (χ1) is 42.3. The number of hydrogen-bond donors (Lipinski definition) is 0. The largest absolute Gasteiger partial charge is 0.308 e. The number of rotatable bonds is 8. The van der Waals surface area contributed by atoms with Crippen molar-refractivity contribution in [3.63, 3.8) is 0 Å². The molecule has 0 radical (unpaired) electrons. The zero-order valence-corrected chi connectivity index (χ0v) is 48.1. The van der Waals surface area contributed by atoms with Gasteiger partial charge in [-0.3, -0.25) is 4.98 Å². The van der Waals surface area contributed by atoms with Crippen molar-refractivity contribution in [1.29, 1.82) is 0 Å². The molecule has 17 rings (SSSR count). The maximum atomic E-state index is 5.65. The average molecular weight is 1100 g/mol. The van der Waals surface area contributed by atoms with Crippen molar-refractivity contribution in [2.45, 2.75) is 27.7 Å². The van der Waals surface area contributed by atoms with Crippen molar-refractivity contribution in [3.05, 3.63) is 289 Å². The van der Waals surface area contributed by atoms with E-state index >= 15 is 0 Å². The molecule has 0 saturated heterocycles. The first-order valence-corrected chi connectivity index (χ1v) is 29.6. The first kappa shape index (κ1) is 49.5. The molecular weight excluding hydrogens is 1040 g/mol. The molecule has 0 amide bonds. The molecule has 406 valence electrons. The highest BCUT2D eigenvalue weighted by Gasteiger charge is 2.36. The standard InChI is InChI=1S/C80H56N6/c1-49-31-35-71-61(43-49)57-23-11-15-27-67(57)83(71)77-75(55-39-41-81-42-40-55)78(84-68-28-16-12-24-58(68)62-44-50(2)32-36-72(62)84)80(86-70-30-18-14-26-60(70)64-46-52(4)34-38-74(64)86)79(85-69-29-17-13-25-59(69)63-45-51(3)33-37-73(63)85)76(77)56-47-65(53-19-7-5-8-20-53)82-66(48-56)54-21-9-6-10-22-54/h5-48H,1-4H3. The minimum Gasteiger partial charge on any atom is -0.308 e. The summed E-state index contributed by atoms with van der Waals surface area (Å²) in [4.78, 5) is 10.5. The van der Waals surface area contributed by atoms with E-state index in [0.29, 0.717) is 0 Å². The van der Waals surface area contributed by atoms with Gasteiger partial charge in [-0.15, -0.1) is 0 Å². The number of fused-ring (bicyclic) bond motifs is 12. The van der Waals surface area contributed by atoms with Crippen molar-refractivity contribution < 1.29 is 0 Å². The third kappa shape index (κ3) is 7.46. The van der Waals surface area contributed by atoms with Gasteiger partial charge in [-0.05, 0) is 136 Å². The Hall–Kier alpha value is -11.1. The fourth-order valence-corrected chi connectivity index (χ4v) is 14.1. The smallest absolute Gasteiger partial charge is 0.0961 e. The van der Waals surface area contributed by atoms with E-state index in [1.807, 2.05) is 12.4 Å². The predicted octanol–water partition coefficient (Wildman–Crippen LogP) is 20.8. The van der Waals surface area contributed by atoms with Gasteiger partial charge in [0.05, 0.1) is 78.3 Å². The number of benzene rings is 11. The summed E-state index contributed by atoms with van der Waals surface area (Å²) >= 11 is 0. The molecule has 0 saturated carbocycles. The zero-order valence-electron chi connectivity index (χ0n) is 48.1. The minimum absolute atomic E-state index is 0.871. The molecule has 6 heterocycles. The Morgan fingerprint density at radius 2 is 0.535 bits per heavy atom. The van der Waals surface area contributed by atoms with Crippen LogP contribution >= 0.6 is 0 Å². The van der Waals surface area contributed by atoms with Gasteiger partial charge in [0.1, 0.15) is 0 Å². The van der Waals surface area contributed by atoms with Crippen molar-refractivity contribution in [2.75, 3.05) is 0 Å². The van der Waals surface area contributed by atoms with E-state index in [0.717, 1.165) is 112 Å². The fraction of sp³-hybridized carbons (Fsp3) is 0.0500. The third-order valence-electron chi connectivity index (χ3n) is 17.8. The molecule has 0 aliphatic carbocycles. The van der Waals surface area contributed by atoms with Crippen LogP contribution in [0.15, 0.2) is 267 Å². The number of aryl methyl sites for hydroxylation is 4. The van der Waals surface area contributed by atoms with Crippen molar-refractivity contribution >= 4 is 87.2 Å². The summed E-state index contributed by atoms with van der Waals surface area (Å²) in [5.41, 5.74) is 25.6. The zero-order chi connectivity index (χ0) is 57.3. The molecule has 6 aromatic heterocycles. The minimum atomic E-state index is 0.871. The highest BCUT2D eigenvalue weighted by molar-refractivity contribution is 6.19. The van der Waals surface area contributed by atoms with Crippen LogP contribution in [0.25, 0.3) is 155 Å². The molecule has 0 aliphatic rings. The molecule has 6 nitrogen and oxygen atoms in total. The molecule has 0 spiro atoms. The van der Waals surface area contributed by atoms with Crippen LogP contribution in [0.5, 0.6) is 0 Å². The monoisotopic (exact) mass is 1100 g/mol. The van der Waals surface area contributed by atoms with Gasteiger partial charge < -0.3 is 18.3 Å². The Morgan fingerprint density at radius 3 is 0.907 bits per heavy atom. The molecule has 86 heavy (non-hydrogen) atoms. The normalized spacial score (nSPS) is 12.0. The van der Waals surface area contributed by atoms with Crippen molar-refractivity contribution in [3.8, 4) is 67.5 Å². The number of aromatic nitrogens is 6. The van der Waals surface area contributed by atoms with E-state index in [1.165, 1.54) is 65.3 Å². The van der Waals surface area contributed by atoms with Crippen molar-refractivity contribution in [1.82, 2.24) is 28.2 Å². The lowest BCUT2D eigenvalue weighted by molar-refractivity contribution is 1.04. The molecule has 0 fully saturated rings. The predicted molar refractivity (Wildman–Crippen MR) is 360 cm³/mol. The fourth-order valence-electron chi connectivity index (χ4n) is 14.1. The van der Waals surface area contributed by atoms with Crippen LogP contribution in [0, 0.1) is 27.7 Å². The Labute approximate surface area is 497 Å². The van der Waals surface area contributed by atoms with Crippen molar-refractivity contribution in [2.24, 2.45) is 0 Å². The summed E-state index contributed by atoms with van der Waals surface area (Å²) in [6, 6.07) is 94.7. The lowest BCUT2D eigenvalue weighted by Crippen LogP contribution is -2.16. The second-order valence-corrected chi connectivity index (χ2v) is 23.2. The van der Waals surface area contributed by atoms with Gasteiger partial charge in [0.2, 0.25) is 0 Å². The number of hydrogen-bond acceptors (Lipinski definition) is 2. The van der Waals surface area contributed by atoms with E-state index in [4.69, 9.17) is 9.97 Å². The summed E-state index contributed by atoms with van der Waals surface area (Å²) in [6.07, 6.45) is 3.93. The van der Waals surface area contributed by atoms with Crippen LogP contribution in [0.1, 0.15) is 22.3 Å². The number of pyridine rings is 2. The number of nitrogens with zero attached hydrogens (tertiary/aromatic N) is 6. The van der Waals surface area contributed by atoms with Gasteiger partial charge >= 0.3 is 0 Å². The van der Waals surface area contributed by atoms with Gasteiger partial charge in [0, 0.05) is 77.7 Å². The molecule has 0 unspecified atom stereocenters. The third-order valence-corrected chi connectivity index (χ3v) is 17.8. The molecule has 6 heteroatoms. The summed E-state index contributed by atoms with van der Waals surface area (Å²) in [5, 5.41) is 9.43. The van der Waals surface area contributed by atoms with Crippen LogP contribution in [0.2, 0.25) is 0 Å². The van der Waals surface area contributed by atoms with E-state index in [9.17, 15) is 0 Å². The highest BCUT2D eigenvalue weighted by Crippen LogP contribution is 2.55. The Bertz CT molecular complexity index is 5560. The molecule has 0 bridgehead atoms.